The lowest BCUT2D eigenvalue weighted by atomic mass is 10.1. The number of benzene rings is 1. The average Bonchev–Trinajstić information content (AvgIpc) is 2.93. The first kappa shape index (κ1) is 19.3. The second kappa shape index (κ2) is 7.26. The fourth-order valence-electron chi connectivity index (χ4n) is 2.79. The molecule has 2 aromatic heterocycles. The third kappa shape index (κ3) is 3.53. The molecule has 0 aliphatic rings. The molecular formula is C19H20BrNO6. The summed E-state index contributed by atoms with van der Waals surface area (Å²) in [5, 5.41) is 1.13. The number of hydrogen-bond acceptors (Lipinski definition) is 6. The molecule has 144 valence electrons. The molecule has 0 aliphatic heterocycles. The molecule has 1 N–H and O–H groups in total. The molecule has 0 amide bonds. The molecule has 0 saturated carbocycles. The van der Waals surface area contributed by atoms with Gasteiger partial charge in [-0.05, 0) is 49.7 Å². The van der Waals surface area contributed by atoms with Gasteiger partial charge in [0, 0.05) is 16.8 Å². The largest absolute Gasteiger partial charge is 0.487 e. The molecule has 7 nitrogen and oxygen atoms in total. The van der Waals surface area contributed by atoms with Gasteiger partial charge in [-0.2, -0.15) is 0 Å². The van der Waals surface area contributed by atoms with Crippen molar-refractivity contribution in [3.63, 3.8) is 0 Å². The standard InChI is InChI=1S/C19H20BrNO6/c1-8(2)25-12-6-10-11(7-13(12)26-9(3)4)27-19(23)16-14(10)15(20)17(21-16)18(22)24-5/h6-9,21H,1-5H3. The van der Waals surface area contributed by atoms with Crippen molar-refractivity contribution in [2.75, 3.05) is 7.11 Å². The minimum atomic E-state index is -0.596. The fourth-order valence-corrected chi connectivity index (χ4v) is 3.46. The van der Waals surface area contributed by atoms with Crippen molar-refractivity contribution in [2.24, 2.45) is 0 Å². The van der Waals surface area contributed by atoms with Gasteiger partial charge in [0.05, 0.1) is 23.8 Å². The third-order valence-electron chi connectivity index (χ3n) is 3.78. The number of aromatic nitrogens is 1. The number of rotatable bonds is 5. The van der Waals surface area contributed by atoms with E-state index in [1.54, 1.807) is 12.1 Å². The molecule has 1 aromatic carbocycles. The second-order valence-electron chi connectivity index (χ2n) is 6.57. The highest BCUT2D eigenvalue weighted by molar-refractivity contribution is 9.10. The zero-order valence-corrected chi connectivity index (χ0v) is 17.2. The summed E-state index contributed by atoms with van der Waals surface area (Å²) in [5.41, 5.74) is 0.0423. The zero-order valence-electron chi connectivity index (χ0n) is 15.6. The van der Waals surface area contributed by atoms with Crippen LogP contribution < -0.4 is 15.1 Å². The predicted octanol–water partition coefficient (Wildman–Crippen LogP) is 4.40. The minimum Gasteiger partial charge on any atom is -0.487 e. The highest BCUT2D eigenvalue weighted by atomic mass is 79.9. The Hall–Kier alpha value is -2.48. The molecule has 0 unspecified atom stereocenters. The quantitative estimate of drug-likeness (QED) is 0.469. The Bertz CT molecular complexity index is 1080. The maximum absolute atomic E-state index is 12.4. The number of aromatic amines is 1. The van der Waals surface area contributed by atoms with Crippen molar-refractivity contribution in [1.29, 1.82) is 0 Å². The van der Waals surface area contributed by atoms with E-state index in [0.29, 0.717) is 32.3 Å². The molecule has 0 aliphatic carbocycles. The number of halogens is 1. The van der Waals surface area contributed by atoms with Crippen LogP contribution in [0.15, 0.2) is 25.8 Å². The SMILES string of the molecule is COC(=O)c1[nH]c2c(=O)oc3cc(OC(C)C)c(OC(C)C)cc3c2c1Br. The molecule has 0 atom stereocenters. The van der Waals surface area contributed by atoms with Gasteiger partial charge in [-0.25, -0.2) is 9.59 Å². The van der Waals surface area contributed by atoms with E-state index in [2.05, 4.69) is 20.9 Å². The van der Waals surface area contributed by atoms with E-state index in [-0.39, 0.29) is 23.4 Å². The van der Waals surface area contributed by atoms with E-state index in [0.717, 1.165) is 0 Å². The Morgan fingerprint density at radius 2 is 1.70 bits per heavy atom. The number of hydrogen-bond donors (Lipinski definition) is 1. The van der Waals surface area contributed by atoms with E-state index >= 15 is 0 Å². The Morgan fingerprint density at radius 1 is 1.11 bits per heavy atom. The first-order chi connectivity index (χ1) is 12.7. The van der Waals surface area contributed by atoms with Crippen molar-refractivity contribution < 1.29 is 23.4 Å². The van der Waals surface area contributed by atoms with Crippen LogP contribution in [-0.2, 0) is 4.74 Å². The summed E-state index contributed by atoms with van der Waals surface area (Å²) in [6.45, 7) is 7.61. The third-order valence-corrected chi connectivity index (χ3v) is 4.57. The van der Waals surface area contributed by atoms with E-state index in [1.807, 2.05) is 27.7 Å². The zero-order chi connectivity index (χ0) is 19.9. The number of fused-ring (bicyclic) bond motifs is 3. The number of nitrogens with one attached hydrogen (secondary N) is 1. The van der Waals surface area contributed by atoms with Crippen LogP contribution in [0.2, 0.25) is 0 Å². The van der Waals surface area contributed by atoms with Crippen LogP contribution >= 0.6 is 15.9 Å². The Morgan fingerprint density at radius 3 is 2.26 bits per heavy atom. The Balaban J connectivity index is 2.37. The van der Waals surface area contributed by atoms with Gasteiger partial charge in [0.1, 0.15) is 16.8 Å². The molecule has 0 radical (unpaired) electrons. The van der Waals surface area contributed by atoms with Crippen LogP contribution in [0.5, 0.6) is 11.5 Å². The Kier molecular flexibility index (Phi) is 5.19. The minimum absolute atomic E-state index is 0.0801. The number of carbonyl (C=O) groups excluding carboxylic acids is 1. The van der Waals surface area contributed by atoms with Crippen LogP contribution in [0.3, 0.4) is 0 Å². The summed E-state index contributed by atoms with van der Waals surface area (Å²) >= 11 is 3.40. The molecule has 2 heterocycles. The van der Waals surface area contributed by atoms with Crippen LogP contribution in [0.4, 0.5) is 0 Å². The monoisotopic (exact) mass is 437 g/mol. The number of methoxy groups -OCH3 is 1. The van der Waals surface area contributed by atoms with E-state index in [1.165, 1.54) is 7.11 Å². The average molecular weight is 438 g/mol. The highest BCUT2D eigenvalue weighted by Gasteiger charge is 2.23. The maximum atomic E-state index is 12.4. The van der Waals surface area contributed by atoms with Gasteiger partial charge in [0.25, 0.3) is 0 Å². The van der Waals surface area contributed by atoms with Gasteiger partial charge in [0.2, 0.25) is 0 Å². The van der Waals surface area contributed by atoms with Crippen molar-refractivity contribution in [1.82, 2.24) is 4.98 Å². The lowest BCUT2D eigenvalue weighted by molar-refractivity contribution is 0.0594. The van der Waals surface area contributed by atoms with Gasteiger partial charge < -0.3 is 23.6 Å². The van der Waals surface area contributed by atoms with Crippen molar-refractivity contribution in [3.8, 4) is 11.5 Å². The van der Waals surface area contributed by atoms with E-state index < -0.39 is 11.6 Å². The fraction of sp³-hybridized carbons (Fsp3) is 0.368. The number of esters is 1. The van der Waals surface area contributed by atoms with Crippen LogP contribution in [-0.4, -0.2) is 30.3 Å². The summed E-state index contributed by atoms with van der Waals surface area (Å²) in [7, 11) is 1.27. The second-order valence-corrected chi connectivity index (χ2v) is 7.37. The first-order valence-corrected chi connectivity index (χ1v) is 9.25. The summed E-state index contributed by atoms with van der Waals surface area (Å²) in [4.78, 5) is 27.2. The summed E-state index contributed by atoms with van der Waals surface area (Å²) in [6.07, 6.45) is -0.166. The molecule has 0 bridgehead atoms. The van der Waals surface area contributed by atoms with Crippen molar-refractivity contribution in [3.05, 3.63) is 32.7 Å². The predicted molar refractivity (Wildman–Crippen MR) is 105 cm³/mol. The summed E-state index contributed by atoms with van der Waals surface area (Å²) in [5.74, 6) is 0.409. The van der Waals surface area contributed by atoms with Crippen molar-refractivity contribution in [2.45, 2.75) is 39.9 Å². The first-order valence-electron chi connectivity index (χ1n) is 8.46. The lowest BCUT2D eigenvalue weighted by Crippen LogP contribution is -2.11. The van der Waals surface area contributed by atoms with Gasteiger partial charge in [0.15, 0.2) is 11.5 Å². The topological polar surface area (TPSA) is 90.8 Å². The van der Waals surface area contributed by atoms with Crippen molar-refractivity contribution >= 4 is 43.8 Å². The van der Waals surface area contributed by atoms with E-state index in [4.69, 9.17) is 18.6 Å². The van der Waals surface area contributed by atoms with E-state index in [9.17, 15) is 9.59 Å². The normalized spacial score (nSPS) is 11.6. The van der Waals surface area contributed by atoms with Gasteiger partial charge in [-0.3, -0.25) is 0 Å². The number of carbonyl (C=O) groups is 1. The molecule has 0 saturated heterocycles. The maximum Gasteiger partial charge on any atom is 0.360 e. The van der Waals surface area contributed by atoms with Crippen LogP contribution in [0.25, 0.3) is 21.9 Å². The molecule has 0 spiro atoms. The number of H-pyrrole nitrogens is 1. The lowest BCUT2D eigenvalue weighted by Gasteiger charge is -2.17. The molecule has 8 heteroatoms. The summed E-state index contributed by atoms with van der Waals surface area (Å²) < 4.78 is 22.3. The molecular weight excluding hydrogens is 418 g/mol. The molecule has 27 heavy (non-hydrogen) atoms. The Labute approximate surface area is 163 Å². The molecule has 3 rings (SSSR count). The summed E-state index contributed by atoms with van der Waals surface area (Å²) in [6, 6.07) is 3.38. The van der Waals surface area contributed by atoms with Crippen LogP contribution in [0, 0.1) is 0 Å². The smallest absolute Gasteiger partial charge is 0.360 e. The van der Waals surface area contributed by atoms with Gasteiger partial charge in [-0.15, -0.1) is 0 Å². The van der Waals surface area contributed by atoms with Gasteiger partial charge in [-0.1, -0.05) is 0 Å². The molecule has 3 aromatic rings. The molecule has 0 fully saturated rings. The number of ether oxygens (including phenoxy) is 3. The van der Waals surface area contributed by atoms with Gasteiger partial charge >= 0.3 is 11.6 Å². The highest BCUT2D eigenvalue weighted by Crippen LogP contribution is 2.39. The van der Waals surface area contributed by atoms with Crippen LogP contribution in [0.1, 0.15) is 38.2 Å².